The minimum Gasteiger partial charge on any atom is -0.310 e. The molecule has 0 aliphatic carbocycles. The van der Waals surface area contributed by atoms with Crippen molar-refractivity contribution in [1.29, 1.82) is 0 Å². The second kappa shape index (κ2) is 7.68. The van der Waals surface area contributed by atoms with E-state index in [9.17, 15) is 0 Å². The van der Waals surface area contributed by atoms with Crippen molar-refractivity contribution in [2.24, 2.45) is 18.9 Å². The summed E-state index contributed by atoms with van der Waals surface area (Å²) in [6.45, 7) is 12.3. The Bertz CT molecular complexity index is 356. The summed E-state index contributed by atoms with van der Waals surface area (Å²) in [6.07, 6.45) is 5.66. The van der Waals surface area contributed by atoms with Crippen molar-refractivity contribution >= 4 is 0 Å². The van der Waals surface area contributed by atoms with Gasteiger partial charge in [0, 0.05) is 31.4 Å². The highest BCUT2D eigenvalue weighted by Gasteiger charge is 2.14. The van der Waals surface area contributed by atoms with Crippen LogP contribution in [0.4, 0.5) is 0 Å². The maximum absolute atomic E-state index is 4.51. The number of hydrogen-bond donors (Lipinski definition) is 1. The highest BCUT2D eigenvalue weighted by atomic mass is 15.3. The second-order valence-electron chi connectivity index (χ2n) is 6.47. The summed E-state index contributed by atoms with van der Waals surface area (Å²) in [7, 11) is 2.00. The zero-order valence-electron chi connectivity index (χ0n) is 13.5. The van der Waals surface area contributed by atoms with Crippen molar-refractivity contribution in [2.45, 2.75) is 66.5 Å². The van der Waals surface area contributed by atoms with Gasteiger partial charge in [-0.1, -0.05) is 34.6 Å². The Kier molecular flexibility index (Phi) is 6.56. The molecule has 0 aliphatic heterocycles. The van der Waals surface area contributed by atoms with E-state index in [1.54, 1.807) is 0 Å². The summed E-state index contributed by atoms with van der Waals surface area (Å²) in [5.41, 5.74) is 2.57. The third-order valence-electron chi connectivity index (χ3n) is 3.42. The fraction of sp³-hybridized carbons (Fsp3) is 0.812. The lowest BCUT2D eigenvalue weighted by molar-refractivity contribution is 0.358. The normalized spacial score (nSPS) is 12.1. The molecule has 0 aliphatic rings. The van der Waals surface area contributed by atoms with Crippen LogP contribution in [0.25, 0.3) is 0 Å². The van der Waals surface area contributed by atoms with Gasteiger partial charge in [0.15, 0.2) is 0 Å². The van der Waals surface area contributed by atoms with Crippen molar-refractivity contribution in [1.82, 2.24) is 15.1 Å². The van der Waals surface area contributed by atoms with Crippen molar-refractivity contribution in [3.8, 4) is 0 Å². The number of rotatable bonds is 8. The largest absolute Gasteiger partial charge is 0.310 e. The molecule has 19 heavy (non-hydrogen) atoms. The molecule has 0 fully saturated rings. The van der Waals surface area contributed by atoms with E-state index in [-0.39, 0.29) is 0 Å². The molecular formula is C16H31N3. The van der Waals surface area contributed by atoms with Gasteiger partial charge in [0.1, 0.15) is 0 Å². The average molecular weight is 265 g/mol. The van der Waals surface area contributed by atoms with Gasteiger partial charge in [0.2, 0.25) is 0 Å². The quantitative estimate of drug-likeness (QED) is 0.779. The Morgan fingerprint density at radius 1 is 1.16 bits per heavy atom. The lowest BCUT2D eigenvalue weighted by Gasteiger charge is -2.22. The van der Waals surface area contributed by atoms with E-state index in [2.05, 4.69) is 51.2 Å². The maximum atomic E-state index is 4.51. The Morgan fingerprint density at radius 3 is 2.21 bits per heavy atom. The molecule has 1 aromatic heterocycles. The number of nitrogens with zero attached hydrogens (tertiary/aromatic N) is 2. The van der Waals surface area contributed by atoms with Gasteiger partial charge in [0.05, 0.1) is 5.69 Å². The molecule has 0 radical (unpaired) electrons. The SMILES string of the molecule is CCc1nn(C)cc1CNC(CC(C)C)CC(C)C. The van der Waals surface area contributed by atoms with Crippen LogP contribution in [0, 0.1) is 11.8 Å². The van der Waals surface area contributed by atoms with Gasteiger partial charge in [-0.3, -0.25) is 4.68 Å². The maximum Gasteiger partial charge on any atom is 0.0666 e. The fourth-order valence-electron chi connectivity index (χ4n) is 2.68. The standard InChI is InChI=1S/C16H31N3/c1-7-16-14(11-19(6)18-16)10-17-15(8-12(2)3)9-13(4)5/h11-13,15,17H,7-10H2,1-6H3. The summed E-state index contributed by atoms with van der Waals surface area (Å²) in [6, 6.07) is 0.616. The van der Waals surface area contributed by atoms with Gasteiger partial charge in [-0.25, -0.2) is 0 Å². The average Bonchev–Trinajstić information content (AvgIpc) is 2.65. The Labute approximate surface area is 118 Å². The molecule has 0 aromatic carbocycles. The molecule has 1 aromatic rings. The van der Waals surface area contributed by atoms with E-state index in [4.69, 9.17) is 0 Å². The molecule has 0 spiro atoms. The number of nitrogens with one attached hydrogen (secondary N) is 1. The van der Waals surface area contributed by atoms with E-state index in [0.717, 1.165) is 24.8 Å². The molecule has 3 nitrogen and oxygen atoms in total. The second-order valence-corrected chi connectivity index (χ2v) is 6.47. The van der Waals surface area contributed by atoms with Gasteiger partial charge in [-0.2, -0.15) is 5.10 Å². The van der Waals surface area contributed by atoms with E-state index in [1.165, 1.54) is 24.1 Å². The van der Waals surface area contributed by atoms with E-state index in [1.807, 2.05) is 11.7 Å². The summed E-state index contributed by atoms with van der Waals surface area (Å²) in [5.74, 6) is 1.49. The molecule has 0 unspecified atom stereocenters. The summed E-state index contributed by atoms with van der Waals surface area (Å²) < 4.78 is 1.93. The van der Waals surface area contributed by atoms with Gasteiger partial charge in [-0.15, -0.1) is 0 Å². The molecular weight excluding hydrogens is 234 g/mol. The predicted octanol–water partition coefficient (Wildman–Crippen LogP) is 3.53. The van der Waals surface area contributed by atoms with Crippen LogP contribution in [-0.4, -0.2) is 15.8 Å². The monoisotopic (exact) mass is 265 g/mol. The van der Waals surface area contributed by atoms with Crippen molar-refractivity contribution in [2.75, 3.05) is 0 Å². The Morgan fingerprint density at radius 2 is 1.74 bits per heavy atom. The van der Waals surface area contributed by atoms with Gasteiger partial charge < -0.3 is 5.32 Å². The summed E-state index contributed by atoms with van der Waals surface area (Å²) in [4.78, 5) is 0. The molecule has 0 saturated heterocycles. The number of aryl methyl sites for hydroxylation is 2. The summed E-state index contributed by atoms with van der Waals surface area (Å²) >= 11 is 0. The van der Waals surface area contributed by atoms with Crippen LogP contribution in [0.1, 0.15) is 58.7 Å². The molecule has 0 saturated carbocycles. The van der Waals surface area contributed by atoms with Crippen LogP contribution in [0.5, 0.6) is 0 Å². The van der Waals surface area contributed by atoms with Crippen molar-refractivity contribution < 1.29 is 0 Å². The lowest BCUT2D eigenvalue weighted by atomic mass is 9.95. The molecule has 0 bridgehead atoms. The highest BCUT2D eigenvalue weighted by molar-refractivity contribution is 5.16. The third-order valence-corrected chi connectivity index (χ3v) is 3.42. The molecule has 1 heterocycles. The van der Waals surface area contributed by atoms with Crippen LogP contribution in [0.15, 0.2) is 6.20 Å². The molecule has 1 rings (SSSR count). The lowest BCUT2D eigenvalue weighted by Crippen LogP contribution is -2.31. The first kappa shape index (κ1) is 16.2. The predicted molar refractivity (Wildman–Crippen MR) is 82.1 cm³/mol. The van der Waals surface area contributed by atoms with E-state index >= 15 is 0 Å². The fourth-order valence-corrected chi connectivity index (χ4v) is 2.68. The zero-order valence-corrected chi connectivity index (χ0v) is 13.5. The first-order valence-electron chi connectivity index (χ1n) is 7.67. The van der Waals surface area contributed by atoms with Crippen LogP contribution >= 0.6 is 0 Å². The molecule has 3 heteroatoms. The first-order chi connectivity index (χ1) is 8.92. The number of aromatic nitrogens is 2. The molecule has 0 amide bonds. The minimum absolute atomic E-state index is 0.616. The third kappa shape index (κ3) is 5.77. The zero-order chi connectivity index (χ0) is 14.4. The van der Waals surface area contributed by atoms with Gasteiger partial charge in [-0.05, 0) is 31.1 Å². The van der Waals surface area contributed by atoms with Crippen LogP contribution in [0.3, 0.4) is 0 Å². The Hall–Kier alpha value is -0.830. The van der Waals surface area contributed by atoms with E-state index in [0.29, 0.717) is 6.04 Å². The van der Waals surface area contributed by atoms with Crippen molar-refractivity contribution in [3.63, 3.8) is 0 Å². The first-order valence-corrected chi connectivity index (χ1v) is 7.67. The highest BCUT2D eigenvalue weighted by Crippen LogP contribution is 2.15. The smallest absolute Gasteiger partial charge is 0.0666 e. The van der Waals surface area contributed by atoms with Crippen LogP contribution in [-0.2, 0) is 20.0 Å². The van der Waals surface area contributed by atoms with E-state index < -0.39 is 0 Å². The minimum atomic E-state index is 0.616. The van der Waals surface area contributed by atoms with Crippen LogP contribution in [0.2, 0.25) is 0 Å². The molecule has 110 valence electrons. The van der Waals surface area contributed by atoms with Crippen LogP contribution < -0.4 is 5.32 Å². The van der Waals surface area contributed by atoms with Gasteiger partial charge >= 0.3 is 0 Å². The molecule has 1 N–H and O–H groups in total. The number of hydrogen-bond acceptors (Lipinski definition) is 2. The summed E-state index contributed by atoms with van der Waals surface area (Å²) in [5, 5.41) is 8.24. The topological polar surface area (TPSA) is 29.9 Å². The Balaban J connectivity index is 2.58. The van der Waals surface area contributed by atoms with Gasteiger partial charge in [0.25, 0.3) is 0 Å². The van der Waals surface area contributed by atoms with Crippen molar-refractivity contribution in [3.05, 3.63) is 17.5 Å². The molecule has 0 atom stereocenters.